The second-order valence-corrected chi connectivity index (χ2v) is 7.81. The molecule has 26 heavy (non-hydrogen) atoms. The molecule has 0 fully saturated rings. The van der Waals surface area contributed by atoms with E-state index in [2.05, 4.69) is 19.1 Å². The molecule has 2 aromatic carbocycles. The van der Waals surface area contributed by atoms with Crippen molar-refractivity contribution in [2.75, 3.05) is 7.11 Å². The van der Waals surface area contributed by atoms with Gasteiger partial charge in [-0.2, -0.15) is 0 Å². The van der Waals surface area contributed by atoms with Crippen molar-refractivity contribution in [2.24, 2.45) is 0 Å². The Labute approximate surface area is 158 Å². The Balaban J connectivity index is 1.75. The lowest BCUT2D eigenvalue weighted by molar-refractivity contribution is 0.0601. The van der Waals surface area contributed by atoms with Gasteiger partial charge < -0.3 is 9.84 Å². The first-order chi connectivity index (χ1) is 12.5. The third-order valence-corrected chi connectivity index (χ3v) is 6.07. The van der Waals surface area contributed by atoms with Gasteiger partial charge in [-0.1, -0.05) is 25.1 Å². The molecule has 1 unspecified atom stereocenters. The number of phenols is 1. The molecule has 0 aliphatic heterocycles. The molecule has 0 aliphatic carbocycles. The van der Waals surface area contributed by atoms with Crippen LogP contribution in [0.5, 0.6) is 5.75 Å². The van der Waals surface area contributed by atoms with E-state index in [1.807, 2.05) is 31.2 Å². The van der Waals surface area contributed by atoms with Crippen molar-refractivity contribution in [3.05, 3.63) is 64.0 Å². The highest BCUT2D eigenvalue weighted by atomic mass is 32.1. The second kappa shape index (κ2) is 7.92. The van der Waals surface area contributed by atoms with Gasteiger partial charge >= 0.3 is 5.97 Å². The number of benzene rings is 2. The minimum absolute atomic E-state index is 0.296. The number of hydrogen-bond acceptors (Lipinski definition) is 4. The van der Waals surface area contributed by atoms with Crippen LogP contribution >= 0.6 is 11.3 Å². The van der Waals surface area contributed by atoms with E-state index in [-0.39, 0.29) is 5.97 Å². The number of thiophene rings is 1. The van der Waals surface area contributed by atoms with Crippen molar-refractivity contribution in [1.82, 2.24) is 0 Å². The van der Waals surface area contributed by atoms with Crippen LogP contribution in [-0.4, -0.2) is 18.2 Å². The number of fused-ring (bicyclic) bond motifs is 1. The molecule has 1 aromatic heterocycles. The molecular weight excluding hydrogens is 344 g/mol. The van der Waals surface area contributed by atoms with Crippen molar-refractivity contribution in [3.8, 4) is 5.75 Å². The summed E-state index contributed by atoms with van der Waals surface area (Å²) in [7, 11) is 1.41. The minimum Gasteiger partial charge on any atom is -0.508 e. The van der Waals surface area contributed by atoms with Crippen LogP contribution in [0.4, 0.5) is 0 Å². The normalized spacial score (nSPS) is 12.3. The van der Waals surface area contributed by atoms with Gasteiger partial charge in [0.15, 0.2) is 0 Å². The van der Waals surface area contributed by atoms with E-state index < -0.39 is 0 Å². The molecule has 3 nitrogen and oxygen atoms in total. The van der Waals surface area contributed by atoms with E-state index in [9.17, 15) is 9.90 Å². The largest absolute Gasteiger partial charge is 0.508 e. The quantitative estimate of drug-likeness (QED) is 0.557. The molecule has 3 rings (SSSR count). The molecular formula is C22H24O3S. The maximum Gasteiger partial charge on any atom is 0.337 e. The van der Waals surface area contributed by atoms with Crippen molar-refractivity contribution < 1.29 is 14.6 Å². The molecule has 0 saturated heterocycles. The highest BCUT2D eigenvalue weighted by molar-refractivity contribution is 7.19. The first-order valence-electron chi connectivity index (χ1n) is 8.92. The number of aromatic hydroxyl groups is 1. The summed E-state index contributed by atoms with van der Waals surface area (Å²) in [5.41, 5.74) is 2.81. The van der Waals surface area contributed by atoms with Gasteiger partial charge in [0.05, 0.1) is 12.7 Å². The summed E-state index contributed by atoms with van der Waals surface area (Å²) >= 11 is 1.74. The standard InChI is InChI=1S/C22H24O3S/c1-4-15(16-8-10-20(23)14(2)11-16)7-9-19-12-17-5-6-18(22(24)25-3)13-21(17)26-19/h5-6,8,10-13,15,23H,4,7,9H2,1-3H3. The Bertz CT molecular complexity index is 926. The van der Waals surface area contributed by atoms with Crippen LogP contribution < -0.4 is 0 Å². The molecule has 0 amide bonds. The maximum absolute atomic E-state index is 11.7. The summed E-state index contributed by atoms with van der Waals surface area (Å²) in [4.78, 5) is 13.0. The average molecular weight is 368 g/mol. The van der Waals surface area contributed by atoms with Crippen molar-refractivity contribution in [1.29, 1.82) is 0 Å². The Morgan fingerprint density at radius 1 is 1.19 bits per heavy atom. The van der Waals surface area contributed by atoms with Crippen molar-refractivity contribution in [2.45, 2.75) is 39.0 Å². The smallest absolute Gasteiger partial charge is 0.337 e. The topological polar surface area (TPSA) is 46.5 Å². The van der Waals surface area contributed by atoms with Gasteiger partial charge in [0.2, 0.25) is 0 Å². The molecule has 0 aliphatic rings. The molecule has 0 bridgehead atoms. The monoisotopic (exact) mass is 368 g/mol. The van der Waals surface area contributed by atoms with Crippen LogP contribution in [0.1, 0.15) is 52.0 Å². The molecule has 0 spiro atoms. The van der Waals surface area contributed by atoms with Gasteiger partial charge in [0.1, 0.15) is 5.75 Å². The van der Waals surface area contributed by atoms with Gasteiger partial charge in [0, 0.05) is 9.58 Å². The number of ether oxygens (including phenoxy) is 1. The molecule has 0 saturated carbocycles. The van der Waals surface area contributed by atoms with Gasteiger partial charge in [-0.05, 0) is 72.9 Å². The van der Waals surface area contributed by atoms with Gasteiger partial charge in [-0.15, -0.1) is 11.3 Å². The fraction of sp³-hybridized carbons (Fsp3) is 0.318. The van der Waals surface area contributed by atoms with Gasteiger partial charge in [-0.3, -0.25) is 0 Å². The molecule has 0 radical (unpaired) electrons. The molecule has 1 N–H and O–H groups in total. The number of phenolic OH excluding ortho intramolecular Hbond substituents is 1. The summed E-state index contributed by atoms with van der Waals surface area (Å²) in [6.45, 7) is 4.15. The number of aryl methyl sites for hydroxylation is 2. The number of esters is 1. The maximum atomic E-state index is 11.7. The number of methoxy groups -OCH3 is 1. The predicted molar refractivity (Wildman–Crippen MR) is 107 cm³/mol. The summed E-state index contributed by atoms with van der Waals surface area (Å²) < 4.78 is 5.92. The zero-order valence-corrected chi connectivity index (χ0v) is 16.2. The van der Waals surface area contributed by atoms with E-state index in [0.717, 1.165) is 29.5 Å². The SMILES string of the molecule is CCC(CCc1cc2ccc(C(=O)OC)cc2s1)c1ccc(O)c(C)c1. The third kappa shape index (κ3) is 3.91. The number of hydrogen-bond donors (Lipinski definition) is 1. The molecule has 136 valence electrons. The first kappa shape index (κ1) is 18.5. The second-order valence-electron chi connectivity index (χ2n) is 6.65. The first-order valence-corrected chi connectivity index (χ1v) is 9.73. The lowest BCUT2D eigenvalue weighted by Crippen LogP contribution is -1.99. The summed E-state index contributed by atoms with van der Waals surface area (Å²) in [5, 5.41) is 10.9. The van der Waals surface area contributed by atoms with Crippen LogP contribution in [0, 0.1) is 6.92 Å². The summed E-state index contributed by atoms with van der Waals surface area (Å²) in [5.74, 6) is 0.537. The highest BCUT2D eigenvalue weighted by Crippen LogP contribution is 2.32. The third-order valence-electron chi connectivity index (χ3n) is 4.92. The van der Waals surface area contributed by atoms with E-state index >= 15 is 0 Å². The number of rotatable bonds is 6. The Morgan fingerprint density at radius 3 is 2.69 bits per heavy atom. The molecule has 4 heteroatoms. The summed E-state index contributed by atoms with van der Waals surface area (Å²) in [6, 6.07) is 13.9. The summed E-state index contributed by atoms with van der Waals surface area (Å²) in [6.07, 6.45) is 3.14. The Hall–Kier alpha value is -2.33. The zero-order chi connectivity index (χ0) is 18.7. The van der Waals surface area contributed by atoms with Crippen LogP contribution in [0.15, 0.2) is 42.5 Å². The van der Waals surface area contributed by atoms with Crippen molar-refractivity contribution >= 4 is 27.4 Å². The minimum atomic E-state index is -0.296. The number of carbonyl (C=O) groups is 1. The van der Waals surface area contributed by atoms with Crippen LogP contribution in [-0.2, 0) is 11.2 Å². The van der Waals surface area contributed by atoms with E-state index in [0.29, 0.717) is 17.2 Å². The molecule has 1 heterocycles. The van der Waals surface area contributed by atoms with E-state index in [4.69, 9.17) is 4.74 Å². The van der Waals surface area contributed by atoms with E-state index in [1.165, 1.54) is 22.9 Å². The fourth-order valence-corrected chi connectivity index (χ4v) is 4.43. The predicted octanol–water partition coefficient (Wildman–Crippen LogP) is 5.83. The lowest BCUT2D eigenvalue weighted by atomic mass is 9.90. The van der Waals surface area contributed by atoms with Crippen LogP contribution in [0.25, 0.3) is 10.1 Å². The van der Waals surface area contributed by atoms with E-state index in [1.54, 1.807) is 17.4 Å². The number of carbonyl (C=O) groups excluding carboxylic acids is 1. The van der Waals surface area contributed by atoms with Crippen molar-refractivity contribution in [3.63, 3.8) is 0 Å². The lowest BCUT2D eigenvalue weighted by Gasteiger charge is -2.16. The van der Waals surface area contributed by atoms with Gasteiger partial charge in [0.25, 0.3) is 0 Å². The Morgan fingerprint density at radius 2 is 2.00 bits per heavy atom. The van der Waals surface area contributed by atoms with Gasteiger partial charge in [-0.25, -0.2) is 4.79 Å². The Kier molecular flexibility index (Phi) is 5.62. The zero-order valence-electron chi connectivity index (χ0n) is 15.4. The molecule has 1 atom stereocenters. The van der Waals surface area contributed by atoms with Crippen LogP contribution in [0.2, 0.25) is 0 Å². The van der Waals surface area contributed by atoms with Crippen LogP contribution in [0.3, 0.4) is 0 Å². The fourth-order valence-electron chi connectivity index (χ4n) is 3.31. The highest BCUT2D eigenvalue weighted by Gasteiger charge is 2.13. The molecule has 3 aromatic rings. The average Bonchev–Trinajstić information content (AvgIpc) is 3.06.